The largest absolute Gasteiger partial charge is 0.483 e. The molecule has 52 heavy (non-hydrogen) atoms. The SMILES string of the molecule is CCOC(OCC)OCC.CCOC=Nc1ccc(OC)nc1CS(=O)(=O)c1ccccc1.COc1ccc(N)c(CS(=O)(=O)c2ccccc2)n1. The maximum absolute atomic E-state index is 12.5. The number of aliphatic imine (C=N–C) groups is 1. The molecule has 16 heteroatoms. The molecule has 0 spiro atoms. The van der Waals surface area contributed by atoms with E-state index < -0.39 is 26.2 Å². The molecule has 2 N–H and O–H groups in total. The van der Waals surface area contributed by atoms with Gasteiger partial charge in [-0.3, -0.25) is 0 Å². The van der Waals surface area contributed by atoms with Crippen LogP contribution in [0.25, 0.3) is 0 Å². The third-order valence-electron chi connectivity index (χ3n) is 6.53. The standard InChI is InChI=1S/C16H18N2O4S.C13H14N2O3S.C7H16O3/c1-3-22-12-17-14-9-10-16(21-2)18-15(14)11-23(19,20)13-7-5-4-6-8-13;1-18-13-8-7-11(14)12(15-13)9-19(16,17)10-5-3-2-4-6-10;1-4-8-7(9-5-2)10-6-3/h4-10,12H,3,11H2,1-2H3;2-8H,9,14H2,1H3;7H,4-6H2,1-3H3. The molecule has 14 nitrogen and oxygen atoms in total. The third kappa shape index (κ3) is 14.9. The quantitative estimate of drug-likeness (QED) is 0.0775. The molecule has 4 aromatic rings. The Balaban J connectivity index is 0.000000291. The van der Waals surface area contributed by atoms with Gasteiger partial charge in [-0.05, 0) is 64.1 Å². The van der Waals surface area contributed by atoms with Gasteiger partial charge in [-0.2, -0.15) is 0 Å². The summed E-state index contributed by atoms with van der Waals surface area (Å²) in [5, 5.41) is 0. The van der Waals surface area contributed by atoms with Gasteiger partial charge in [0, 0.05) is 32.0 Å². The molecular formula is C36H48N4O10S2. The first-order chi connectivity index (χ1) is 24.9. The van der Waals surface area contributed by atoms with Crippen LogP contribution in [0, 0.1) is 0 Å². The minimum absolute atomic E-state index is 0.240. The molecule has 0 fully saturated rings. The van der Waals surface area contributed by atoms with Crippen LogP contribution < -0.4 is 15.2 Å². The number of pyridine rings is 2. The normalized spacial score (nSPS) is 11.3. The van der Waals surface area contributed by atoms with Crippen molar-refractivity contribution in [3.05, 3.63) is 96.3 Å². The van der Waals surface area contributed by atoms with E-state index in [1.165, 1.54) is 20.6 Å². The molecule has 0 aliphatic rings. The van der Waals surface area contributed by atoms with Crippen molar-refractivity contribution in [2.45, 2.75) is 55.5 Å². The summed E-state index contributed by atoms with van der Waals surface area (Å²) in [4.78, 5) is 12.9. The fourth-order valence-corrected chi connectivity index (χ4v) is 6.68. The van der Waals surface area contributed by atoms with Gasteiger partial charge in [-0.15, -0.1) is 0 Å². The average molecular weight is 761 g/mol. The van der Waals surface area contributed by atoms with E-state index in [0.29, 0.717) is 61.0 Å². The molecular weight excluding hydrogens is 713 g/mol. The molecule has 0 saturated heterocycles. The van der Waals surface area contributed by atoms with Gasteiger partial charge < -0.3 is 34.2 Å². The molecule has 0 aliphatic carbocycles. The maximum atomic E-state index is 12.5. The van der Waals surface area contributed by atoms with E-state index in [2.05, 4.69) is 15.0 Å². The Hall–Kier alpha value is -4.61. The van der Waals surface area contributed by atoms with Crippen LogP contribution in [0.2, 0.25) is 0 Å². The molecule has 0 amide bonds. The number of ether oxygens (including phenoxy) is 6. The monoisotopic (exact) mass is 760 g/mol. The first-order valence-corrected chi connectivity index (χ1v) is 19.6. The lowest BCUT2D eigenvalue weighted by molar-refractivity contribution is -0.282. The van der Waals surface area contributed by atoms with Crippen LogP contribution in [0.4, 0.5) is 11.4 Å². The Morgan fingerprint density at radius 1 is 0.635 bits per heavy atom. The highest BCUT2D eigenvalue weighted by Crippen LogP contribution is 2.25. The highest BCUT2D eigenvalue weighted by atomic mass is 32.2. The number of nitrogen functional groups attached to an aromatic ring is 1. The number of benzene rings is 2. The van der Waals surface area contributed by atoms with Crippen LogP contribution in [0.3, 0.4) is 0 Å². The zero-order valence-corrected chi connectivity index (χ0v) is 31.9. The van der Waals surface area contributed by atoms with Crippen molar-refractivity contribution in [1.82, 2.24) is 9.97 Å². The molecule has 2 heterocycles. The number of hydrogen-bond acceptors (Lipinski definition) is 14. The van der Waals surface area contributed by atoms with Crippen LogP contribution in [-0.4, -0.2) is 80.3 Å². The Labute approximate surface area is 306 Å². The zero-order valence-electron chi connectivity index (χ0n) is 30.3. The number of rotatable bonds is 17. The van der Waals surface area contributed by atoms with Crippen LogP contribution in [0.5, 0.6) is 11.8 Å². The first kappa shape index (κ1) is 43.6. The summed E-state index contributed by atoms with van der Waals surface area (Å²) in [6.07, 6.45) is 1.28. The minimum Gasteiger partial charge on any atom is -0.483 e. The van der Waals surface area contributed by atoms with Gasteiger partial charge in [0.2, 0.25) is 11.8 Å². The highest BCUT2D eigenvalue weighted by Gasteiger charge is 2.20. The van der Waals surface area contributed by atoms with Crippen LogP contribution in [0.15, 0.2) is 99.7 Å². The predicted octanol–water partition coefficient (Wildman–Crippen LogP) is 5.79. The van der Waals surface area contributed by atoms with Crippen LogP contribution in [-0.2, 0) is 50.1 Å². The fourth-order valence-electron chi connectivity index (χ4n) is 4.04. The van der Waals surface area contributed by atoms with Crippen molar-refractivity contribution in [3.8, 4) is 11.8 Å². The Bertz CT molecular complexity index is 1850. The molecule has 0 unspecified atom stereocenters. The fraction of sp³-hybridized carbons (Fsp3) is 0.361. The van der Waals surface area contributed by atoms with Gasteiger partial charge >= 0.3 is 0 Å². The second-order valence-electron chi connectivity index (χ2n) is 10.2. The van der Waals surface area contributed by atoms with Crippen molar-refractivity contribution in [1.29, 1.82) is 0 Å². The van der Waals surface area contributed by atoms with Gasteiger partial charge in [-0.1, -0.05) is 36.4 Å². The number of anilines is 1. The molecule has 2 aromatic heterocycles. The summed E-state index contributed by atoms with van der Waals surface area (Å²) in [6, 6.07) is 22.9. The molecule has 0 bridgehead atoms. The summed E-state index contributed by atoms with van der Waals surface area (Å²) < 4.78 is 79.8. The third-order valence-corrected chi connectivity index (χ3v) is 9.81. The summed E-state index contributed by atoms with van der Waals surface area (Å²) in [5.74, 6) is 0.152. The van der Waals surface area contributed by atoms with Crippen LogP contribution in [0.1, 0.15) is 39.1 Å². The van der Waals surface area contributed by atoms with E-state index in [4.69, 9.17) is 34.2 Å². The van der Waals surface area contributed by atoms with Gasteiger partial charge in [0.05, 0.1) is 64.9 Å². The van der Waals surface area contributed by atoms with E-state index in [1.807, 2.05) is 27.7 Å². The highest BCUT2D eigenvalue weighted by molar-refractivity contribution is 7.91. The van der Waals surface area contributed by atoms with Crippen molar-refractivity contribution < 1.29 is 45.3 Å². The van der Waals surface area contributed by atoms with Crippen molar-refractivity contribution >= 4 is 37.4 Å². The van der Waals surface area contributed by atoms with E-state index >= 15 is 0 Å². The van der Waals surface area contributed by atoms with E-state index in [9.17, 15) is 16.8 Å². The molecule has 284 valence electrons. The molecule has 0 aliphatic heterocycles. The van der Waals surface area contributed by atoms with Gasteiger partial charge in [0.1, 0.15) is 0 Å². The van der Waals surface area contributed by atoms with Gasteiger partial charge in [0.15, 0.2) is 26.1 Å². The van der Waals surface area contributed by atoms with E-state index in [1.54, 1.807) is 84.9 Å². The summed E-state index contributed by atoms with van der Waals surface area (Å²) in [7, 11) is -4.04. The smallest absolute Gasteiger partial charge is 0.271 e. The van der Waals surface area contributed by atoms with Gasteiger partial charge in [0.25, 0.3) is 6.48 Å². The predicted molar refractivity (Wildman–Crippen MR) is 199 cm³/mol. The second kappa shape index (κ2) is 23.1. The first-order valence-electron chi connectivity index (χ1n) is 16.3. The Morgan fingerprint density at radius 3 is 1.52 bits per heavy atom. The molecule has 0 atom stereocenters. The molecule has 0 saturated carbocycles. The molecule has 4 rings (SSSR count). The van der Waals surface area contributed by atoms with E-state index in [0.717, 1.165) is 0 Å². The van der Waals surface area contributed by atoms with Crippen molar-refractivity contribution in [2.24, 2.45) is 4.99 Å². The lowest BCUT2D eigenvalue weighted by Crippen LogP contribution is -2.20. The lowest BCUT2D eigenvalue weighted by atomic mass is 10.3. The second-order valence-corrected chi connectivity index (χ2v) is 14.2. The zero-order chi connectivity index (χ0) is 38.4. The van der Waals surface area contributed by atoms with Gasteiger partial charge in [-0.25, -0.2) is 31.8 Å². The number of methoxy groups -OCH3 is 2. The minimum atomic E-state index is -3.52. The number of nitrogens with two attached hydrogens (primary N) is 1. The topological polar surface area (TPSA) is 188 Å². The Morgan fingerprint density at radius 2 is 1.08 bits per heavy atom. The molecule has 0 radical (unpaired) electrons. The van der Waals surface area contributed by atoms with E-state index in [-0.39, 0.29) is 21.3 Å². The average Bonchev–Trinajstić information content (AvgIpc) is 3.14. The Kier molecular flexibility index (Phi) is 19.3. The number of sulfone groups is 2. The van der Waals surface area contributed by atoms with Crippen molar-refractivity contribution in [2.75, 3.05) is 46.4 Å². The number of hydrogen-bond donors (Lipinski definition) is 1. The van der Waals surface area contributed by atoms with Crippen molar-refractivity contribution in [3.63, 3.8) is 0 Å². The summed E-state index contributed by atoms with van der Waals surface area (Å²) >= 11 is 0. The summed E-state index contributed by atoms with van der Waals surface area (Å²) in [5.41, 5.74) is 7.11. The van der Waals surface area contributed by atoms with Crippen LogP contribution >= 0.6 is 0 Å². The molecule has 2 aromatic carbocycles. The number of nitrogens with zero attached hydrogens (tertiary/aromatic N) is 3. The summed E-state index contributed by atoms with van der Waals surface area (Å²) in [6.45, 7) is 9.41. The lowest BCUT2D eigenvalue weighted by Gasteiger charge is -2.15. The maximum Gasteiger partial charge on any atom is 0.271 e. The number of aromatic nitrogens is 2.